The maximum Gasteiger partial charge on any atom is 0.317 e. The normalized spacial score (nSPS) is 26.1. The molecular weight excluding hydrogens is 352 g/mol. The smallest absolute Gasteiger partial charge is 0.317 e. The number of rotatable bonds is 3. The molecule has 2 aliphatic heterocycles. The van der Waals surface area contributed by atoms with Gasteiger partial charge in [-0.25, -0.2) is 4.79 Å². The minimum Gasteiger partial charge on any atom is -0.339 e. The number of piperidine rings is 1. The van der Waals surface area contributed by atoms with Crippen molar-refractivity contribution in [3.63, 3.8) is 0 Å². The van der Waals surface area contributed by atoms with Gasteiger partial charge in [-0.05, 0) is 59.3 Å². The van der Waals surface area contributed by atoms with Crippen molar-refractivity contribution in [2.75, 3.05) is 26.2 Å². The van der Waals surface area contributed by atoms with Crippen molar-refractivity contribution < 1.29 is 9.59 Å². The maximum atomic E-state index is 12.8. The van der Waals surface area contributed by atoms with Crippen molar-refractivity contribution >= 4 is 11.9 Å². The zero-order chi connectivity index (χ0) is 20.4. The lowest BCUT2D eigenvalue weighted by molar-refractivity contribution is -0.133. The second-order valence-corrected chi connectivity index (χ2v) is 10.5. The Labute approximate surface area is 170 Å². The number of amides is 3. The third-order valence-electron chi connectivity index (χ3n) is 6.63. The minimum atomic E-state index is 0.0178. The number of nitrogens with zero attached hydrogens (tertiary/aromatic N) is 2. The molecule has 160 valence electrons. The lowest BCUT2D eigenvalue weighted by Gasteiger charge is -2.47. The van der Waals surface area contributed by atoms with Crippen LogP contribution < -0.4 is 10.6 Å². The molecule has 3 amide bonds. The third kappa shape index (κ3) is 5.85. The zero-order valence-corrected chi connectivity index (χ0v) is 18.4. The largest absolute Gasteiger partial charge is 0.339 e. The first-order valence-electron chi connectivity index (χ1n) is 11.3. The Morgan fingerprint density at radius 3 is 2.00 bits per heavy atom. The SMILES string of the molecule is CC1(C)CC(NC(=O)N2CCN(C(=O)CC3CCCCC3)CC2)CC(C)(C)N1. The highest BCUT2D eigenvalue weighted by Gasteiger charge is 2.38. The van der Waals surface area contributed by atoms with Crippen molar-refractivity contribution in [1.82, 2.24) is 20.4 Å². The molecule has 6 heteroatoms. The van der Waals surface area contributed by atoms with Crippen LogP contribution in [0.1, 0.15) is 79.1 Å². The van der Waals surface area contributed by atoms with Gasteiger partial charge in [0.05, 0.1) is 0 Å². The van der Waals surface area contributed by atoms with Crippen LogP contribution in [0.3, 0.4) is 0 Å². The molecule has 3 aliphatic rings. The van der Waals surface area contributed by atoms with Crippen LogP contribution in [0, 0.1) is 5.92 Å². The molecule has 6 nitrogen and oxygen atoms in total. The summed E-state index contributed by atoms with van der Waals surface area (Å²) in [5.74, 6) is 0.864. The second-order valence-electron chi connectivity index (χ2n) is 10.5. The lowest BCUT2D eigenvalue weighted by Crippen LogP contribution is -2.63. The van der Waals surface area contributed by atoms with Gasteiger partial charge in [0.1, 0.15) is 0 Å². The van der Waals surface area contributed by atoms with E-state index in [0.717, 1.165) is 12.8 Å². The third-order valence-corrected chi connectivity index (χ3v) is 6.63. The molecule has 2 heterocycles. The van der Waals surface area contributed by atoms with Crippen molar-refractivity contribution in [3.05, 3.63) is 0 Å². The molecule has 0 unspecified atom stereocenters. The highest BCUT2D eigenvalue weighted by molar-refractivity contribution is 5.78. The molecule has 2 N–H and O–H groups in total. The van der Waals surface area contributed by atoms with E-state index in [1.807, 2.05) is 9.80 Å². The highest BCUT2D eigenvalue weighted by atomic mass is 16.2. The first-order chi connectivity index (χ1) is 13.1. The van der Waals surface area contributed by atoms with Crippen LogP contribution in [0.5, 0.6) is 0 Å². The summed E-state index contributed by atoms with van der Waals surface area (Å²) in [7, 11) is 0. The van der Waals surface area contributed by atoms with E-state index in [1.165, 1.54) is 32.1 Å². The number of piperazine rings is 1. The van der Waals surface area contributed by atoms with E-state index in [-0.39, 0.29) is 29.1 Å². The quantitative estimate of drug-likeness (QED) is 0.776. The van der Waals surface area contributed by atoms with Gasteiger partial charge >= 0.3 is 6.03 Å². The number of hydrogen-bond donors (Lipinski definition) is 2. The van der Waals surface area contributed by atoms with Crippen LogP contribution in [0.15, 0.2) is 0 Å². The first-order valence-corrected chi connectivity index (χ1v) is 11.3. The summed E-state index contributed by atoms with van der Waals surface area (Å²) in [6, 6.07) is 0.211. The Morgan fingerprint density at radius 2 is 1.43 bits per heavy atom. The molecule has 2 saturated heterocycles. The van der Waals surface area contributed by atoms with E-state index in [4.69, 9.17) is 0 Å². The summed E-state index contributed by atoms with van der Waals surface area (Å²) in [5.41, 5.74) is 0.0356. The van der Waals surface area contributed by atoms with Crippen LogP contribution in [-0.2, 0) is 4.79 Å². The van der Waals surface area contributed by atoms with Crippen LogP contribution in [0.4, 0.5) is 4.79 Å². The van der Waals surface area contributed by atoms with Gasteiger partial charge in [0, 0.05) is 49.7 Å². The topological polar surface area (TPSA) is 64.7 Å². The molecule has 1 saturated carbocycles. The van der Waals surface area contributed by atoms with Gasteiger partial charge in [-0.15, -0.1) is 0 Å². The molecule has 1 aliphatic carbocycles. The Hall–Kier alpha value is -1.30. The second kappa shape index (κ2) is 8.60. The van der Waals surface area contributed by atoms with Gasteiger partial charge in [-0.1, -0.05) is 19.3 Å². The summed E-state index contributed by atoms with van der Waals surface area (Å²) in [5, 5.41) is 6.91. The summed E-state index contributed by atoms with van der Waals surface area (Å²) < 4.78 is 0. The van der Waals surface area contributed by atoms with Crippen molar-refractivity contribution in [3.8, 4) is 0 Å². The van der Waals surface area contributed by atoms with Gasteiger partial charge in [0.25, 0.3) is 0 Å². The Morgan fingerprint density at radius 1 is 0.893 bits per heavy atom. The number of nitrogens with one attached hydrogen (secondary N) is 2. The Kier molecular flexibility index (Phi) is 6.58. The number of urea groups is 1. The molecule has 0 bridgehead atoms. The summed E-state index contributed by atoms with van der Waals surface area (Å²) in [6.45, 7) is 11.4. The highest BCUT2D eigenvalue weighted by Crippen LogP contribution is 2.29. The molecule has 0 aromatic heterocycles. The zero-order valence-electron chi connectivity index (χ0n) is 18.4. The fourth-order valence-corrected chi connectivity index (χ4v) is 5.62. The van der Waals surface area contributed by atoms with Gasteiger partial charge < -0.3 is 20.4 Å². The summed E-state index contributed by atoms with van der Waals surface area (Å²) in [6.07, 6.45) is 8.85. The molecular formula is C22H40N4O2. The predicted octanol–water partition coefficient (Wildman–Crippen LogP) is 3.12. The van der Waals surface area contributed by atoms with Gasteiger partial charge in [0.2, 0.25) is 5.91 Å². The summed E-state index contributed by atoms with van der Waals surface area (Å²) in [4.78, 5) is 29.2. The summed E-state index contributed by atoms with van der Waals surface area (Å²) >= 11 is 0. The van der Waals surface area contributed by atoms with Gasteiger partial charge in [0.15, 0.2) is 0 Å². The number of carbonyl (C=O) groups is 2. The minimum absolute atomic E-state index is 0.0178. The molecule has 0 radical (unpaired) electrons. The van der Waals surface area contributed by atoms with E-state index >= 15 is 0 Å². The van der Waals surface area contributed by atoms with E-state index in [0.29, 0.717) is 38.5 Å². The Bertz CT molecular complexity index is 545. The fraction of sp³-hybridized carbons (Fsp3) is 0.909. The van der Waals surface area contributed by atoms with E-state index in [1.54, 1.807) is 0 Å². The molecule has 3 fully saturated rings. The monoisotopic (exact) mass is 392 g/mol. The van der Waals surface area contributed by atoms with Crippen LogP contribution in [-0.4, -0.2) is 65.0 Å². The van der Waals surface area contributed by atoms with Gasteiger partial charge in [-0.3, -0.25) is 4.79 Å². The average Bonchev–Trinajstić information content (AvgIpc) is 2.60. The first kappa shape index (κ1) is 21.4. The molecule has 0 atom stereocenters. The van der Waals surface area contributed by atoms with Crippen molar-refractivity contribution in [1.29, 1.82) is 0 Å². The van der Waals surface area contributed by atoms with E-state index < -0.39 is 0 Å². The van der Waals surface area contributed by atoms with Crippen molar-refractivity contribution in [2.24, 2.45) is 5.92 Å². The maximum absolute atomic E-state index is 12.8. The molecule has 3 rings (SSSR count). The van der Waals surface area contributed by atoms with Gasteiger partial charge in [-0.2, -0.15) is 0 Å². The fourth-order valence-electron chi connectivity index (χ4n) is 5.62. The van der Waals surface area contributed by atoms with Crippen LogP contribution in [0.2, 0.25) is 0 Å². The number of hydrogen-bond acceptors (Lipinski definition) is 3. The predicted molar refractivity (Wildman–Crippen MR) is 112 cm³/mol. The molecule has 0 aromatic carbocycles. The van der Waals surface area contributed by atoms with Crippen LogP contribution in [0.25, 0.3) is 0 Å². The number of carbonyl (C=O) groups excluding carboxylic acids is 2. The molecule has 0 aromatic rings. The average molecular weight is 393 g/mol. The van der Waals surface area contributed by atoms with Crippen LogP contribution >= 0.6 is 0 Å². The van der Waals surface area contributed by atoms with E-state index in [9.17, 15) is 9.59 Å². The van der Waals surface area contributed by atoms with E-state index in [2.05, 4.69) is 38.3 Å². The lowest BCUT2D eigenvalue weighted by atomic mass is 9.79. The Balaban J connectivity index is 1.44. The molecule has 28 heavy (non-hydrogen) atoms. The van der Waals surface area contributed by atoms with Crippen molar-refractivity contribution in [2.45, 2.75) is 96.2 Å². The molecule has 0 spiro atoms. The standard InChI is InChI=1S/C22H40N4O2/c1-21(2)15-18(16-22(3,4)24-21)23-20(28)26-12-10-25(11-13-26)19(27)14-17-8-6-5-7-9-17/h17-18,24H,5-16H2,1-4H3,(H,23,28).